The summed E-state index contributed by atoms with van der Waals surface area (Å²) >= 11 is 1.48. The molecule has 0 aromatic rings. The molecule has 5 aliphatic rings. The SMILES string of the molecule is CC1(C)S[C@@H]2[C@H](N=CN3CCCCCC3)C(=O)N2[C@H]1C(=O)OCOC(=O)[C@@H]1N2C(=O)C[C@H]2S(=O)(=O)C1(C)C. The maximum Gasteiger partial charge on any atom is 0.333 e. The molecule has 0 spiro atoms. The van der Waals surface area contributed by atoms with Crippen LogP contribution in [0.15, 0.2) is 4.99 Å². The van der Waals surface area contributed by atoms with E-state index in [4.69, 9.17) is 9.47 Å². The fourth-order valence-corrected chi connectivity index (χ4v) is 9.74. The molecule has 210 valence electrons. The number of likely N-dealkylation sites (tertiary alicyclic amines) is 1. The van der Waals surface area contributed by atoms with Crippen molar-refractivity contribution in [3.8, 4) is 0 Å². The van der Waals surface area contributed by atoms with Gasteiger partial charge in [-0.1, -0.05) is 12.8 Å². The Morgan fingerprint density at radius 1 is 1.00 bits per heavy atom. The first-order valence-electron chi connectivity index (χ1n) is 12.9. The maximum absolute atomic E-state index is 13.0. The third kappa shape index (κ3) is 4.09. The number of aliphatic imine (C=N–C) groups is 1. The predicted molar refractivity (Wildman–Crippen MR) is 138 cm³/mol. The van der Waals surface area contributed by atoms with E-state index >= 15 is 0 Å². The minimum atomic E-state index is -3.76. The number of amides is 2. The van der Waals surface area contributed by atoms with Crippen molar-refractivity contribution in [1.29, 1.82) is 0 Å². The highest BCUT2D eigenvalue weighted by atomic mass is 32.2. The highest BCUT2D eigenvalue weighted by Gasteiger charge is 2.68. The summed E-state index contributed by atoms with van der Waals surface area (Å²) in [7, 11) is -3.76. The van der Waals surface area contributed by atoms with Gasteiger partial charge in [-0.3, -0.25) is 14.6 Å². The molecule has 5 fully saturated rings. The van der Waals surface area contributed by atoms with Gasteiger partial charge < -0.3 is 24.2 Å². The summed E-state index contributed by atoms with van der Waals surface area (Å²) in [6.07, 6.45) is 6.20. The molecule has 5 rings (SSSR count). The standard InChI is InChI=1S/C24H34N4O8S2/c1-23(2)17(28-19(30)16(20(28)37-23)25-12-26-9-7-5-6-8-10-26)21(31)35-13-36-22(32)18-24(3,4)38(33,34)15-11-14(29)27(15)18/h12,15-18,20H,5-11,13H2,1-4H3/t15-,16-,17+,18+,20-/m1/s1. The van der Waals surface area contributed by atoms with Crippen molar-refractivity contribution in [2.24, 2.45) is 4.99 Å². The lowest BCUT2D eigenvalue weighted by Gasteiger charge is -2.42. The molecule has 38 heavy (non-hydrogen) atoms. The second-order valence-electron chi connectivity index (χ2n) is 11.5. The van der Waals surface area contributed by atoms with Gasteiger partial charge in [-0.25, -0.2) is 18.0 Å². The van der Waals surface area contributed by atoms with Crippen LogP contribution in [0.3, 0.4) is 0 Å². The molecule has 0 N–H and O–H groups in total. The smallest absolute Gasteiger partial charge is 0.333 e. The molecule has 0 aromatic carbocycles. The van der Waals surface area contributed by atoms with Crippen molar-refractivity contribution >= 4 is 51.7 Å². The molecule has 12 nitrogen and oxygen atoms in total. The van der Waals surface area contributed by atoms with Crippen LogP contribution in [0.1, 0.15) is 59.8 Å². The number of thioether (sulfide) groups is 1. The number of esters is 2. The summed E-state index contributed by atoms with van der Waals surface area (Å²) in [5.74, 6) is -2.37. The summed E-state index contributed by atoms with van der Waals surface area (Å²) in [5.41, 5.74) is 0. The van der Waals surface area contributed by atoms with Crippen molar-refractivity contribution in [3.05, 3.63) is 0 Å². The van der Waals surface area contributed by atoms with Gasteiger partial charge in [0.25, 0.3) is 5.91 Å². The van der Waals surface area contributed by atoms with Crippen molar-refractivity contribution in [2.45, 2.75) is 98.2 Å². The Hall–Kier alpha value is -2.35. The topological polar surface area (TPSA) is 143 Å². The van der Waals surface area contributed by atoms with Gasteiger partial charge in [0.1, 0.15) is 22.8 Å². The number of carbonyl (C=O) groups excluding carboxylic acids is 4. The summed E-state index contributed by atoms with van der Waals surface area (Å²) in [5, 5.41) is -1.33. The lowest BCUT2D eigenvalue weighted by Crippen LogP contribution is -2.65. The zero-order valence-corrected chi connectivity index (χ0v) is 23.6. The minimum Gasteiger partial charge on any atom is -0.426 e. The molecule has 5 atom stereocenters. The Bertz CT molecular complexity index is 1180. The zero-order chi connectivity index (χ0) is 27.6. The van der Waals surface area contributed by atoms with E-state index in [9.17, 15) is 27.6 Å². The van der Waals surface area contributed by atoms with E-state index in [0.717, 1.165) is 30.8 Å². The molecule has 5 saturated heterocycles. The second kappa shape index (κ2) is 9.39. The number of hydrogen-bond donors (Lipinski definition) is 0. The number of carbonyl (C=O) groups is 4. The van der Waals surface area contributed by atoms with Gasteiger partial charge in [0.2, 0.25) is 12.7 Å². The van der Waals surface area contributed by atoms with Gasteiger partial charge in [-0.2, -0.15) is 0 Å². The van der Waals surface area contributed by atoms with Crippen LogP contribution in [-0.2, 0) is 38.5 Å². The normalized spacial score (nSPS) is 34.7. The number of sulfone groups is 1. The Labute approximate surface area is 226 Å². The van der Waals surface area contributed by atoms with Crippen molar-refractivity contribution in [3.63, 3.8) is 0 Å². The van der Waals surface area contributed by atoms with Gasteiger partial charge >= 0.3 is 11.9 Å². The number of rotatable bonds is 6. The van der Waals surface area contributed by atoms with E-state index in [1.807, 2.05) is 13.8 Å². The molecule has 0 aliphatic carbocycles. The first-order valence-corrected chi connectivity index (χ1v) is 15.4. The lowest BCUT2D eigenvalue weighted by molar-refractivity contribution is -0.181. The quantitative estimate of drug-likeness (QED) is 0.146. The average Bonchev–Trinajstić information content (AvgIpc) is 3.01. The van der Waals surface area contributed by atoms with Crippen LogP contribution in [0, 0.1) is 0 Å². The first-order chi connectivity index (χ1) is 17.8. The van der Waals surface area contributed by atoms with E-state index in [-0.39, 0.29) is 17.7 Å². The number of β-lactam (4-membered cyclic amide) rings is 2. The Morgan fingerprint density at radius 3 is 2.21 bits per heavy atom. The van der Waals surface area contributed by atoms with Crippen molar-refractivity contribution in [1.82, 2.24) is 14.7 Å². The van der Waals surface area contributed by atoms with Gasteiger partial charge in [0.15, 0.2) is 15.9 Å². The third-order valence-electron chi connectivity index (χ3n) is 8.27. The number of nitrogens with zero attached hydrogens (tertiary/aromatic N) is 4. The summed E-state index contributed by atoms with van der Waals surface area (Å²) in [6, 6.07) is -2.77. The first kappa shape index (κ1) is 27.2. The second-order valence-corrected chi connectivity index (χ2v) is 15.9. The molecular formula is C24H34N4O8S2. The largest absolute Gasteiger partial charge is 0.426 e. The molecule has 0 aromatic heterocycles. The Morgan fingerprint density at radius 2 is 1.61 bits per heavy atom. The van der Waals surface area contributed by atoms with Crippen LogP contribution in [0.2, 0.25) is 0 Å². The average molecular weight is 571 g/mol. The fourth-order valence-electron chi connectivity index (χ4n) is 6.00. The Kier molecular flexibility index (Phi) is 6.73. The van der Waals surface area contributed by atoms with Gasteiger partial charge in [-0.15, -0.1) is 11.8 Å². The summed E-state index contributed by atoms with van der Waals surface area (Å²) in [6.45, 7) is 7.54. The van der Waals surface area contributed by atoms with Crippen molar-refractivity contribution < 1.29 is 37.1 Å². The van der Waals surface area contributed by atoms with E-state index in [1.54, 1.807) is 6.34 Å². The molecule has 0 saturated carbocycles. The van der Waals surface area contributed by atoms with E-state index < -0.39 is 67.5 Å². The monoisotopic (exact) mass is 570 g/mol. The van der Waals surface area contributed by atoms with Crippen LogP contribution in [0.5, 0.6) is 0 Å². The molecule has 14 heteroatoms. The maximum atomic E-state index is 13.0. The van der Waals surface area contributed by atoms with Crippen LogP contribution in [0.25, 0.3) is 0 Å². The molecular weight excluding hydrogens is 536 g/mol. The molecule has 0 radical (unpaired) electrons. The molecule has 0 unspecified atom stereocenters. The molecule has 5 heterocycles. The number of hydrogen-bond acceptors (Lipinski definition) is 10. The predicted octanol–water partition coefficient (Wildman–Crippen LogP) is 0.500. The summed E-state index contributed by atoms with van der Waals surface area (Å²) in [4.78, 5) is 60.0. The van der Waals surface area contributed by atoms with Crippen LogP contribution < -0.4 is 0 Å². The van der Waals surface area contributed by atoms with Crippen LogP contribution in [-0.4, -0.2) is 111 Å². The van der Waals surface area contributed by atoms with Crippen LogP contribution in [0.4, 0.5) is 0 Å². The molecule has 0 bridgehead atoms. The lowest BCUT2D eigenvalue weighted by atomic mass is 9.96. The number of ether oxygens (including phenoxy) is 2. The zero-order valence-electron chi connectivity index (χ0n) is 22.0. The van der Waals surface area contributed by atoms with Gasteiger partial charge in [0.05, 0.1) is 17.5 Å². The minimum absolute atomic E-state index is 0.160. The highest BCUT2D eigenvalue weighted by molar-refractivity contribution is 8.01. The number of fused-ring (bicyclic) bond motifs is 2. The molecule has 2 amide bonds. The van der Waals surface area contributed by atoms with Crippen molar-refractivity contribution in [2.75, 3.05) is 19.9 Å². The van der Waals surface area contributed by atoms with E-state index in [0.29, 0.717) is 0 Å². The summed E-state index contributed by atoms with van der Waals surface area (Å²) < 4.78 is 33.6. The van der Waals surface area contributed by atoms with Gasteiger partial charge in [-0.05, 0) is 40.5 Å². The Balaban J connectivity index is 1.18. The van der Waals surface area contributed by atoms with Gasteiger partial charge in [0, 0.05) is 17.8 Å². The van der Waals surface area contributed by atoms with E-state index in [1.165, 1.54) is 43.4 Å². The fraction of sp³-hybridized carbons (Fsp3) is 0.792. The van der Waals surface area contributed by atoms with E-state index in [2.05, 4.69) is 9.89 Å². The third-order valence-corrected chi connectivity index (χ3v) is 12.6. The highest BCUT2D eigenvalue weighted by Crippen LogP contribution is 2.52. The van der Waals surface area contributed by atoms with Crippen LogP contribution >= 0.6 is 11.8 Å². The molecule has 5 aliphatic heterocycles.